The summed E-state index contributed by atoms with van der Waals surface area (Å²) in [5, 5.41) is 6.86. The summed E-state index contributed by atoms with van der Waals surface area (Å²) in [6.45, 7) is 0.532. The molecule has 0 saturated heterocycles. The molecule has 26 heavy (non-hydrogen) atoms. The Kier molecular flexibility index (Phi) is 3.76. The predicted octanol–water partition coefficient (Wildman–Crippen LogP) is 2.68. The van der Waals surface area contributed by atoms with E-state index in [9.17, 15) is 13.6 Å². The lowest BCUT2D eigenvalue weighted by Gasteiger charge is -2.15. The van der Waals surface area contributed by atoms with Gasteiger partial charge >= 0.3 is 6.03 Å². The average molecular weight is 356 g/mol. The van der Waals surface area contributed by atoms with E-state index >= 15 is 0 Å². The highest BCUT2D eigenvalue weighted by Crippen LogP contribution is 2.24. The number of carbonyl (C=O) groups is 1. The van der Waals surface area contributed by atoms with Gasteiger partial charge in [0.1, 0.15) is 11.6 Å². The van der Waals surface area contributed by atoms with E-state index in [1.54, 1.807) is 12.1 Å². The first-order chi connectivity index (χ1) is 12.5. The van der Waals surface area contributed by atoms with Crippen molar-refractivity contribution in [1.82, 2.24) is 19.7 Å². The van der Waals surface area contributed by atoms with E-state index in [2.05, 4.69) is 15.4 Å². The predicted molar refractivity (Wildman–Crippen MR) is 90.4 cm³/mol. The maximum atomic E-state index is 13.2. The standard InChI is InChI=1S/C17H14F2N6O/c18-11-1-3-13(4-2-11)25-8-14(20)16(23-25)22-17(26)24-7-10-5-12(19)6-21-15(10)9-24/h1-6,8H,7,9,20H2,(H,22,23,26). The van der Waals surface area contributed by atoms with Gasteiger partial charge in [0, 0.05) is 6.54 Å². The number of pyridine rings is 1. The maximum Gasteiger partial charge on any atom is 0.323 e. The second-order valence-electron chi connectivity index (χ2n) is 5.90. The first kappa shape index (κ1) is 16.0. The molecular formula is C17H14F2N6O. The Morgan fingerprint density at radius 3 is 2.69 bits per heavy atom. The molecule has 0 radical (unpaired) electrons. The quantitative estimate of drug-likeness (QED) is 0.739. The van der Waals surface area contributed by atoms with Gasteiger partial charge in [-0.05, 0) is 35.9 Å². The van der Waals surface area contributed by atoms with Crippen LogP contribution in [0.2, 0.25) is 0 Å². The lowest BCUT2D eigenvalue weighted by atomic mass is 10.2. The number of nitrogens with two attached hydrogens (primary N) is 1. The fourth-order valence-electron chi connectivity index (χ4n) is 2.77. The number of hydrogen-bond acceptors (Lipinski definition) is 4. The van der Waals surface area contributed by atoms with Gasteiger partial charge in [0.05, 0.1) is 36.0 Å². The molecule has 1 aromatic carbocycles. The van der Waals surface area contributed by atoms with Gasteiger partial charge in [-0.1, -0.05) is 0 Å². The van der Waals surface area contributed by atoms with Gasteiger partial charge < -0.3 is 10.6 Å². The second-order valence-corrected chi connectivity index (χ2v) is 5.90. The summed E-state index contributed by atoms with van der Waals surface area (Å²) in [6.07, 6.45) is 2.65. The van der Waals surface area contributed by atoms with Crippen molar-refractivity contribution in [1.29, 1.82) is 0 Å². The molecule has 2 aromatic heterocycles. The lowest BCUT2D eigenvalue weighted by molar-refractivity contribution is 0.212. The highest BCUT2D eigenvalue weighted by molar-refractivity contribution is 5.91. The van der Waals surface area contributed by atoms with Crippen LogP contribution < -0.4 is 11.1 Å². The van der Waals surface area contributed by atoms with Crippen molar-refractivity contribution >= 4 is 17.5 Å². The number of aromatic nitrogens is 3. The number of nitrogens with zero attached hydrogens (tertiary/aromatic N) is 4. The largest absolute Gasteiger partial charge is 0.394 e. The van der Waals surface area contributed by atoms with Gasteiger partial charge in [0.25, 0.3) is 0 Å². The monoisotopic (exact) mass is 356 g/mol. The molecule has 2 amide bonds. The number of urea groups is 1. The summed E-state index contributed by atoms with van der Waals surface area (Å²) in [7, 11) is 0. The third-order valence-electron chi connectivity index (χ3n) is 4.07. The highest BCUT2D eigenvalue weighted by Gasteiger charge is 2.26. The first-order valence-electron chi connectivity index (χ1n) is 7.80. The van der Waals surface area contributed by atoms with Gasteiger partial charge in [0.2, 0.25) is 0 Å². The van der Waals surface area contributed by atoms with Gasteiger partial charge in [0.15, 0.2) is 5.82 Å². The van der Waals surface area contributed by atoms with Crippen LogP contribution in [0.4, 0.5) is 25.1 Å². The Bertz CT molecular complexity index is 985. The van der Waals surface area contributed by atoms with E-state index in [-0.39, 0.29) is 30.4 Å². The first-order valence-corrected chi connectivity index (χ1v) is 7.80. The molecule has 0 atom stereocenters. The normalized spacial score (nSPS) is 12.9. The number of halogens is 2. The molecule has 0 fully saturated rings. The van der Waals surface area contributed by atoms with Crippen LogP contribution in [0.5, 0.6) is 0 Å². The molecule has 0 unspecified atom stereocenters. The van der Waals surface area contributed by atoms with Crippen LogP contribution in [0.3, 0.4) is 0 Å². The Morgan fingerprint density at radius 2 is 1.92 bits per heavy atom. The number of fused-ring (bicyclic) bond motifs is 1. The minimum atomic E-state index is -0.437. The van der Waals surface area contributed by atoms with Crippen molar-refractivity contribution in [3.05, 3.63) is 65.6 Å². The molecule has 1 aliphatic heterocycles. The van der Waals surface area contributed by atoms with Crippen LogP contribution in [0.1, 0.15) is 11.3 Å². The van der Waals surface area contributed by atoms with E-state index in [4.69, 9.17) is 5.73 Å². The maximum absolute atomic E-state index is 13.2. The third-order valence-corrected chi connectivity index (χ3v) is 4.07. The van der Waals surface area contributed by atoms with Crippen molar-refractivity contribution < 1.29 is 13.6 Å². The number of carbonyl (C=O) groups excluding carboxylic acids is 1. The molecule has 3 aromatic rings. The molecule has 0 aliphatic carbocycles. The van der Waals surface area contributed by atoms with E-state index in [0.717, 1.165) is 6.20 Å². The number of benzene rings is 1. The van der Waals surface area contributed by atoms with Crippen LogP contribution in [0, 0.1) is 11.6 Å². The smallest absolute Gasteiger partial charge is 0.323 e. The molecular weight excluding hydrogens is 342 g/mol. The van der Waals surface area contributed by atoms with Crippen LogP contribution in [-0.2, 0) is 13.1 Å². The van der Waals surface area contributed by atoms with E-state index < -0.39 is 11.8 Å². The molecule has 4 rings (SSSR count). The van der Waals surface area contributed by atoms with Crippen molar-refractivity contribution in [2.75, 3.05) is 11.1 Å². The second kappa shape index (κ2) is 6.10. The van der Waals surface area contributed by atoms with Crippen LogP contribution in [0.25, 0.3) is 5.69 Å². The molecule has 3 N–H and O–H groups in total. The molecule has 0 bridgehead atoms. The number of anilines is 2. The topological polar surface area (TPSA) is 89.1 Å². The van der Waals surface area contributed by atoms with Gasteiger partial charge in [-0.25, -0.2) is 18.3 Å². The Morgan fingerprint density at radius 1 is 1.15 bits per heavy atom. The van der Waals surface area contributed by atoms with Crippen LogP contribution in [-0.4, -0.2) is 25.7 Å². The summed E-state index contributed by atoms with van der Waals surface area (Å²) in [5.41, 5.74) is 8.11. The number of amides is 2. The Labute approximate surface area is 147 Å². The average Bonchev–Trinajstić information content (AvgIpc) is 3.19. The molecule has 132 valence electrons. The Balaban J connectivity index is 1.49. The molecule has 0 spiro atoms. The molecule has 1 aliphatic rings. The highest BCUT2D eigenvalue weighted by atomic mass is 19.1. The minimum absolute atomic E-state index is 0.189. The van der Waals surface area contributed by atoms with Gasteiger partial charge in [-0.2, -0.15) is 0 Å². The summed E-state index contributed by atoms with van der Waals surface area (Å²) in [4.78, 5) is 17.9. The van der Waals surface area contributed by atoms with Crippen molar-refractivity contribution in [3.63, 3.8) is 0 Å². The summed E-state index contributed by atoms with van der Waals surface area (Å²) in [6, 6.07) is 6.65. The van der Waals surface area contributed by atoms with Gasteiger partial charge in [-0.15, -0.1) is 5.10 Å². The molecule has 9 heteroatoms. The van der Waals surface area contributed by atoms with Gasteiger partial charge in [-0.3, -0.25) is 10.3 Å². The SMILES string of the molecule is Nc1cn(-c2ccc(F)cc2)nc1NC(=O)N1Cc2cc(F)cnc2C1. The number of nitrogens with one attached hydrogen (secondary N) is 1. The fourth-order valence-corrected chi connectivity index (χ4v) is 2.77. The summed E-state index contributed by atoms with van der Waals surface area (Å²) < 4.78 is 27.7. The van der Waals surface area contributed by atoms with Crippen molar-refractivity contribution in [3.8, 4) is 5.69 Å². The van der Waals surface area contributed by atoms with Crippen LogP contribution >= 0.6 is 0 Å². The zero-order valence-electron chi connectivity index (χ0n) is 13.5. The molecule has 0 saturated carbocycles. The third kappa shape index (κ3) is 2.94. The Hall–Kier alpha value is -3.49. The van der Waals surface area contributed by atoms with Crippen molar-refractivity contribution in [2.45, 2.75) is 13.1 Å². The lowest BCUT2D eigenvalue weighted by Crippen LogP contribution is -2.30. The van der Waals surface area contributed by atoms with E-state index in [0.29, 0.717) is 16.9 Å². The van der Waals surface area contributed by atoms with E-state index in [1.165, 1.54) is 34.0 Å². The zero-order chi connectivity index (χ0) is 18.3. The zero-order valence-corrected chi connectivity index (χ0v) is 13.5. The number of hydrogen-bond donors (Lipinski definition) is 2. The van der Waals surface area contributed by atoms with Crippen molar-refractivity contribution in [2.24, 2.45) is 0 Å². The summed E-state index contributed by atoms with van der Waals surface area (Å²) in [5.74, 6) is -0.608. The van der Waals surface area contributed by atoms with Crippen LogP contribution in [0.15, 0.2) is 42.7 Å². The summed E-state index contributed by atoms with van der Waals surface area (Å²) >= 11 is 0. The molecule has 3 heterocycles. The fraction of sp³-hybridized carbons (Fsp3) is 0.118. The number of rotatable bonds is 2. The van der Waals surface area contributed by atoms with E-state index in [1.807, 2.05) is 0 Å². The number of nitrogen functional groups attached to an aromatic ring is 1. The minimum Gasteiger partial charge on any atom is -0.394 e. The molecule has 7 nitrogen and oxygen atoms in total.